The molecule has 0 unspecified atom stereocenters. The molecule has 94 valence electrons. The molecule has 0 aliphatic heterocycles. The van der Waals surface area contributed by atoms with E-state index in [9.17, 15) is 5.11 Å². The average molecular weight is 318 g/mol. The third kappa shape index (κ3) is 2.69. The first-order valence-electron chi connectivity index (χ1n) is 6.01. The SMILES string of the molecule is CC1(C)CCC(O)(c2c(Cl)cccc2Br)CC1. The van der Waals surface area contributed by atoms with Gasteiger partial charge < -0.3 is 5.11 Å². The minimum Gasteiger partial charge on any atom is -0.385 e. The number of halogens is 2. The Kier molecular flexibility index (Phi) is 3.59. The number of hydrogen-bond acceptors (Lipinski definition) is 1. The van der Waals surface area contributed by atoms with Crippen LogP contribution >= 0.6 is 27.5 Å². The Labute approximate surface area is 116 Å². The molecule has 0 heterocycles. The predicted octanol–water partition coefficient (Wildman–Crippen LogP) is 4.89. The standard InChI is InChI=1S/C14H18BrClO/c1-13(2)6-8-14(17,9-7-13)12-10(15)4-3-5-11(12)16/h3-5,17H,6-9H2,1-2H3. The minimum atomic E-state index is -0.771. The third-order valence-electron chi connectivity index (χ3n) is 3.86. The highest BCUT2D eigenvalue weighted by Gasteiger charge is 2.40. The number of hydrogen-bond donors (Lipinski definition) is 1. The Bertz CT molecular complexity index is 398. The first kappa shape index (κ1) is 13.4. The van der Waals surface area contributed by atoms with Gasteiger partial charge in [0.1, 0.15) is 0 Å². The highest BCUT2D eigenvalue weighted by atomic mass is 79.9. The largest absolute Gasteiger partial charge is 0.385 e. The summed E-state index contributed by atoms with van der Waals surface area (Å²) in [7, 11) is 0. The lowest BCUT2D eigenvalue weighted by molar-refractivity contribution is -0.0310. The summed E-state index contributed by atoms with van der Waals surface area (Å²) in [6.45, 7) is 4.52. The summed E-state index contributed by atoms with van der Waals surface area (Å²) in [5, 5.41) is 11.5. The van der Waals surface area contributed by atoms with E-state index in [1.807, 2.05) is 18.2 Å². The zero-order valence-corrected chi connectivity index (χ0v) is 12.6. The lowest BCUT2D eigenvalue weighted by Crippen LogP contribution is -2.35. The van der Waals surface area contributed by atoms with Crippen molar-refractivity contribution in [3.63, 3.8) is 0 Å². The normalized spacial score (nSPS) is 22.4. The van der Waals surface area contributed by atoms with E-state index in [0.717, 1.165) is 35.7 Å². The van der Waals surface area contributed by atoms with Crippen molar-refractivity contribution in [1.29, 1.82) is 0 Å². The summed E-state index contributed by atoms with van der Waals surface area (Å²) < 4.78 is 0.909. The van der Waals surface area contributed by atoms with E-state index >= 15 is 0 Å². The van der Waals surface area contributed by atoms with Crippen molar-refractivity contribution < 1.29 is 5.11 Å². The minimum absolute atomic E-state index is 0.333. The summed E-state index contributed by atoms with van der Waals surface area (Å²) in [4.78, 5) is 0. The molecule has 0 radical (unpaired) electrons. The van der Waals surface area contributed by atoms with Gasteiger partial charge in [-0.25, -0.2) is 0 Å². The predicted molar refractivity (Wildman–Crippen MR) is 75.3 cm³/mol. The number of rotatable bonds is 1. The second-order valence-corrected chi connectivity index (χ2v) is 7.05. The second kappa shape index (κ2) is 4.56. The van der Waals surface area contributed by atoms with Crippen molar-refractivity contribution >= 4 is 27.5 Å². The monoisotopic (exact) mass is 316 g/mol. The Morgan fingerprint density at radius 1 is 1.18 bits per heavy atom. The van der Waals surface area contributed by atoms with Crippen LogP contribution in [-0.4, -0.2) is 5.11 Å². The van der Waals surface area contributed by atoms with Crippen molar-refractivity contribution in [3.05, 3.63) is 33.3 Å². The van der Waals surface area contributed by atoms with Crippen LogP contribution in [0.2, 0.25) is 5.02 Å². The zero-order valence-electron chi connectivity index (χ0n) is 10.3. The van der Waals surface area contributed by atoms with Gasteiger partial charge in [-0.15, -0.1) is 0 Å². The van der Waals surface area contributed by atoms with Crippen molar-refractivity contribution in [1.82, 2.24) is 0 Å². The molecule has 1 aromatic carbocycles. The quantitative estimate of drug-likeness (QED) is 0.782. The lowest BCUT2D eigenvalue weighted by Gasteiger charge is -2.41. The second-order valence-electron chi connectivity index (χ2n) is 5.79. The Morgan fingerprint density at radius 2 is 1.76 bits per heavy atom. The Balaban J connectivity index is 2.34. The fraction of sp³-hybridized carbons (Fsp3) is 0.571. The highest BCUT2D eigenvalue weighted by molar-refractivity contribution is 9.10. The summed E-state index contributed by atoms with van der Waals surface area (Å²) in [6, 6.07) is 5.68. The molecule has 1 aromatic rings. The molecule has 1 nitrogen and oxygen atoms in total. The number of benzene rings is 1. The van der Waals surface area contributed by atoms with Gasteiger partial charge in [0, 0.05) is 15.1 Å². The van der Waals surface area contributed by atoms with E-state index in [2.05, 4.69) is 29.8 Å². The first-order chi connectivity index (χ1) is 7.84. The molecular weight excluding hydrogens is 300 g/mol. The van der Waals surface area contributed by atoms with E-state index in [0.29, 0.717) is 10.4 Å². The molecular formula is C14H18BrClO. The van der Waals surface area contributed by atoms with Crippen LogP contribution in [0.15, 0.2) is 22.7 Å². The van der Waals surface area contributed by atoms with Crippen molar-refractivity contribution in [2.75, 3.05) is 0 Å². The molecule has 0 aromatic heterocycles. The van der Waals surface area contributed by atoms with Crippen LogP contribution in [0, 0.1) is 5.41 Å². The molecule has 3 heteroatoms. The van der Waals surface area contributed by atoms with E-state index < -0.39 is 5.60 Å². The first-order valence-corrected chi connectivity index (χ1v) is 7.18. The molecule has 2 rings (SSSR count). The Morgan fingerprint density at radius 3 is 2.29 bits per heavy atom. The molecule has 0 bridgehead atoms. The van der Waals surface area contributed by atoms with Crippen LogP contribution in [-0.2, 0) is 5.60 Å². The maximum absolute atomic E-state index is 10.8. The van der Waals surface area contributed by atoms with Crippen LogP contribution in [0.25, 0.3) is 0 Å². The Hall–Kier alpha value is -0.0500. The summed E-state index contributed by atoms with van der Waals surface area (Å²) in [6.07, 6.45) is 3.62. The smallest absolute Gasteiger partial charge is 0.0922 e. The molecule has 0 amide bonds. The number of aliphatic hydroxyl groups is 1. The van der Waals surface area contributed by atoms with E-state index in [4.69, 9.17) is 11.6 Å². The van der Waals surface area contributed by atoms with Crippen LogP contribution in [0.4, 0.5) is 0 Å². The molecule has 17 heavy (non-hydrogen) atoms. The van der Waals surface area contributed by atoms with Crippen LogP contribution in [0.1, 0.15) is 45.1 Å². The van der Waals surface area contributed by atoms with E-state index in [-0.39, 0.29) is 0 Å². The van der Waals surface area contributed by atoms with Gasteiger partial charge in [0.15, 0.2) is 0 Å². The molecule has 0 spiro atoms. The zero-order chi connectivity index (χ0) is 12.7. The molecule has 0 atom stereocenters. The van der Waals surface area contributed by atoms with Gasteiger partial charge in [-0.1, -0.05) is 47.4 Å². The molecule has 1 aliphatic rings. The van der Waals surface area contributed by atoms with Gasteiger partial charge >= 0.3 is 0 Å². The van der Waals surface area contributed by atoms with Gasteiger partial charge in [-0.3, -0.25) is 0 Å². The van der Waals surface area contributed by atoms with Crippen molar-refractivity contribution in [2.24, 2.45) is 5.41 Å². The fourth-order valence-electron chi connectivity index (χ4n) is 2.53. The van der Waals surface area contributed by atoms with Gasteiger partial charge in [0.05, 0.1) is 5.60 Å². The van der Waals surface area contributed by atoms with Gasteiger partial charge in [-0.2, -0.15) is 0 Å². The summed E-state index contributed by atoms with van der Waals surface area (Å²) in [5.41, 5.74) is 0.421. The van der Waals surface area contributed by atoms with Crippen LogP contribution in [0.3, 0.4) is 0 Å². The van der Waals surface area contributed by atoms with Crippen LogP contribution < -0.4 is 0 Å². The molecule has 0 saturated heterocycles. The van der Waals surface area contributed by atoms with Gasteiger partial charge in [0.25, 0.3) is 0 Å². The highest BCUT2D eigenvalue weighted by Crippen LogP contribution is 2.48. The maximum Gasteiger partial charge on any atom is 0.0922 e. The lowest BCUT2D eigenvalue weighted by atomic mass is 9.69. The fourth-order valence-corrected chi connectivity index (χ4v) is 3.73. The molecule has 1 saturated carbocycles. The van der Waals surface area contributed by atoms with E-state index in [1.54, 1.807) is 0 Å². The molecule has 1 aliphatic carbocycles. The topological polar surface area (TPSA) is 20.2 Å². The van der Waals surface area contributed by atoms with Gasteiger partial charge in [-0.05, 0) is 43.2 Å². The third-order valence-corrected chi connectivity index (χ3v) is 4.83. The molecule has 1 fully saturated rings. The summed E-state index contributed by atoms with van der Waals surface area (Å²) >= 11 is 9.74. The maximum atomic E-state index is 10.8. The van der Waals surface area contributed by atoms with Crippen molar-refractivity contribution in [3.8, 4) is 0 Å². The molecule has 1 N–H and O–H groups in total. The summed E-state index contributed by atoms with van der Waals surface area (Å²) in [5.74, 6) is 0. The average Bonchev–Trinajstić information content (AvgIpc) is 2.23. The van der Waals surface area contributed by atoms with E-state index in [1.165, 1.54) is 0 Å². The van der Waals surface area contributed by atoms with Crippen LogP contribution in [0.5, 0.6) is 0 Å². The van der Waals surface area contributed by atoms with Crippen molar-refractivity contribution in [2.45, 2.75) is 45.1 Å². The van der Waals surface area contributed by atoms with Gasteiger partial charge in [0.2, 0.25) is 0 Å².